The number of benzene rings is 1. The van der Waals surface area contributed by atoms with Gasteiger partial charge in [-0.2, -0.15) is 0 Å². The summed E-state index contributed by atoms with van der Waals surface area (Å²) in [6.45, 7) is 5.23. The smallest absolute Gasteiger partial charge is 0.0947 e. The molecule has 3 aromatic rings. The number of aromatic nitrogens is 3. The lowest BCUT2D eigenvalue weighted by molar-refractivity contribution is 0.383. The van der Waals surface area contributed by atoms with E-state index in [-0.39, 0.29) is 5.54 Å². The van der Waals surface area contributed by atoms with Crippen LogP contribution < -0.4 is 5.32 Å². The van der Waals surface area contributed by atoms with Crippen LogP contribution in [0.25, 0.3) is 10.9 Å². The molecule has 22 heavy (non-hydrogen) atoms. The number of nitrogens with one attached hydrogen (secondary N) is 2. The van der Waals surface area contributed by atoms with E-state index in [1.54, 1.807) is 0 Å². The highest BCUT2D eigenvalue weighted by Gasteiger charge is 2.20. The molecule has 0 amide bonds. The molecule has 5 heteroatoms. The Hall–Kier alpha value is -1.59. The van der Waals surface area contributed by atoms with Crippen LogP contribution >= 0.6 is 15.9 Å². The third-order valence-corrected chi connectivity index (χ3v) is 4.54. The predicted molar refractivity (Wildman–Crippen MR) is 93.8 cm³/mol. The number of hydrogen-bond acceptors (Lipinski definition) is 2. The molecule has 3 rings (SSSR count). The van der Waals surface area contributed by atoms with Crippen molar-refractivity contribution in [3.63, 3.8) is 0 Å². The second-order valence-electron chi connectivity index (χ2n) is 6.42. The normalized spacial score (nSPS) is 12.2. The maximum atomic E-state index is 4.37. The van der Waals surface area contributed by atoms with Crippen LogP contribution in [-0.2, 0) is 20.0 Å². The Bertz CT molecular complexity index is 785. The van der Waals surface area contributed by atoms with E-state index < -0.39 is 0 Å². The molecule has 0 saturated carbocycles. The molecule has 2 heterocycles. The highest BCUT2D eigenvalue weighted by Crippen LogP contribution is 2.29. The van der Waals surface area contributed by atoms with Gasteiger partial charge in [0.15, 0.2) is 0 Å². The van der Waals surface area contributed by atoms with Crippen LogP contribution in [-0.4, -0.2) is 20.1 Å². The summed E-state index contributed by atoms with van der Waals surface area (Å²) in [6.07, 6.45) is 6.94. The molecular weight excluding hydrogens is 340 g/mol. The van der Waals surface area contributed by atoms with Crippen LogP contribution in [0.2, 0.25) is 0 Å². The summed E-state index contributed by atoms with van der Waals surface area (Å²) in [7, 11) is 1.99. The van der Waals surface area contributed by atoms with Crippen molar-refractivity contribution in [1.82, 2.24) is 19.9 Å². The Morgan fingerprint density at radius 3 is 2.91 bits per heavy atom. The Labute approximate surface area is 139 Å². The standard InChI is InChI=1S/C17H21BrN4/c1-17(2,21-9-13-10-22(3)11-20-13)7-12-8-19-15-6-4-5-14(18)16(12)15/h4-6,8,10-11,19,21H,7,9H2,1-3H3. The minimum atomic E-state index is -0.0120. The van der Waals surface area contributed by atoms with Gasteiger partial charge in [0.05, 0.1) is 12.0 Å². The van der Waals surface area contributed by atoms with Crippen molar-refractivity contribution in [2.75, 3.05) is 0 Å². The summed E-state index contributed by atoms with van der Waals surface area (Å²) < 4.78 is 3.11. The first-order valence-electron chi connectivity index (χ1n) is 7.41. The number of aromatic amines is 1. The van der Waals surface area contributed by atoms with Gasteiger partial charge in [0.25, 0.3) is 0 Å². The topological polar surface area (TPSA) is 45.6 Å². The zero-order valence-electron chi connectivity index (χ0n) is 13.2. The second-order valence-corrected chi connectivity index (χ2v) is 7.28. The van der Waals surface area contributed by atoms with E-state index >= 15 is 0 Å². The molecule has 0 aliphatic rings. The summed E-state index contributed by atoms with van der Waals surface area (Å²) in [4.78, 5) is 7.72. The number of halogens is 1. The molecule has 2 N–H and O–H groups in total. The van der Waals surface area contributed by atoms with Crippen molar-refractivity contribution in [3.8, 4) is 0 Å². The molecule has 2 aromatic heterocycles. The van der Waals surface area contributed by atoms with Gasteiger partial charge < -0.3 is 14.9 Å². The van der Waals surface area contributed by atoms with Crippen LogP contribution in [0.15, 0.2) is 41.4 Å². The van der Waals surface area contributed by atoms with Crippen LogP contribution in [0.5, 0.6) is 0 Å². The minimum Gasteiger partial charge on any atom is -0.361 e. The van der Waals surface area contributed by atoms with Gasteiger partial charge in [0, 0.05) is 46.9 Å². The van der Waals surface area contributed by atoms with Gasteiger partial charge in [-0.05, 0) is 38.0 Å². The second kappa shape index (κ2) is 5.89. The monoisotopic (exact) mass is 360 g/mol. The van der Waals surface area contributed by atoms with E-state index in [1.807, 2.05) is 24.1 Å². The maximum Gasteiger partial charge on any atom is 0.0947 e. The minimum absolute atomic E-state index is 0.0120. The number of imidazole rings is 1. The van der Waals surface area contributed by atoms with Gasteiger partial charge in [-0.15, -0.1) is 0 Å². The van der Waals surface area contributed by atoms with E-state index in [4.69, 9.17) is 0 Å². The highest BCUT2D eigenvalue weighted by atomic mass is 79.9. The number of nitrogens with zero attached hydrogens (tertiary/aromatic N) is 2. The van der Waals surface area contributed by atoms with Crippen molar-refractivity contribution >= 4 is 26.8 Å². The fourth-order valence-corrected chi connectivity index (χ4v) is 3.39. The van der Waals surface area contributed by atoms with Crippen LogP contribution in [0, 0.1) is 0 Å². The van der Waals surface area contributed by atoms with Crippen molar-refractivity contribution in [3.05, 3.63) is 52.7 Å². The molecule has 0 radical (unpaired) electrons. The molecule has 0 unspecified atom stereocenters. The van der Waals surface area contributed by atoms with E-state index in [9.17, 15) is 0 Å². The molecule has 116 valence electrons. The summed E-state index contributed by atoms with van der Waals surface area (Å²) in [5.74, 6) is 0. The van der Waals surface area contributed by atoms with Crippen LogP contribution in [0.4, 0.5) is 0 Å². The van der Waals surface area contributed by atoms with Crippen molar-refractivity contribution in [1.29, 1.82) is 0 Å². The zero-order chi connectivity index (χ0) is 15.7. The van der Waals surface area contributed by atoms with E-state index in [0.29, 0.717) is 0 Å². The van der Waals surface area contributed by atoms with Crippen LogP contribution in [0.3, 0.4) is 0 Å². The van der Waals surface area contributed by atoms with Gasteiger partial charge in [-0.3, -0.25) is 0 Å². The summed E-state index contributed by atoms with van der Waals surface area (Å²) in [5, 5.41) is 4.88. The zero-order valence-corrected chi connectivity index (χ0v) is 14.7. The summed E-state index contributed by atoms with van der Waals surface area (Å²) in [6, 6.07) is 6.25. The fraction of sp³-hybridized carbons (Fsp3) is 0.353. The fourth-order valence-electron chi connectivity index (χ4n) is 2.77. The van der Waals surface area contributed by atoms with Crippen molar-refractivity contribution < 1.29 is 0 Å². The molecular formula is C17H21BrN4. The van der Waals surface area contributed by atoms with E-state index in [0.717, 1.165) is 23.1 Å². The number of rotatable bonds is 5. The molecule has 0 aliphatic carbocycles. The highest BCUT2D eigenvalue weighted by molar-refractivity contribution is 9.10. The number of aryl methyl sites for hydroxylation is 1. The molecule has 0 bridgehead atoms. The molecule has 0 saturated heterocycles. The summed E-state index contributed by atoms with van der Waals surface area (Å²) in [5.41, 5.74) is 3.55. The molecule has 1 aromatic carbocycles. The SMILES string of the molecule is Cn1cnc(CNC(C)(C)Cc2c[nH]c3cccc(Br)c23)c1. The van der Waals surface area contributed by atoms with Crippen LogP contribution in [0.1, 0.15) is 25.1 Å². The van der Waals surface area contributed by atoms with Gasteiger partial charge in [-0.1, -0.05) is 22.0 Å². The van der Waals surface area contributed by atoms with Crippen molar-refractivity contribution in [2.45, 2.75) is 32.4 Å². The third kappa shape index (κ3) is 3.25. The van der Waals surface area contributed by atoms with Gasteiger partial charge in [0.2, 0.25) is 0 Å². The van der Waals surface area contributed by atoms with Gasteiger partial charge in [0.1, 0.15) is 0 Å². The molecule has 0 aliphatic heterocycles. The van der Waals surface area contributed by atoms with Gasteiger partial charge >= 0.3 is 0 Å². The average molecular weight is 361 g/mol. The molecule has 0 fully saturated rings. The molecule has 0 spiro atoms. The Kier molecular flexibility index (Phi) is 4.10. The molecule has 4 nitrogen and oxygen atoms in total. The quantitative estimate of drug-likeness (QED) is 0.727. The Balaban J connectivity index is 1.75. The van der Waals surface area contributed by atoms with E-state index in [1.165, 1.54) is 16.5 Å². The lowest BCUT2D eigenvalue weighted by Gasteiger charge is -2.26. The summed E-state index contributed by atoms with van der Waals surface area (Å²) >= 11 is 3.66. The predicted octanol–water partition coefficient (Wildman–Crippen LogP) is 3.77. The molecule has 0 atom stereocenters. The Morgan fingerprint density at radius 1 is 1.36 bits per heavy atom. The number of hydrogen-bond donors (Lipinski definition) is 2. The third-order valence-electron chi connectivity index (χ3n) is 3.88. The Morgan fingerprint density at radius 2 is 2.18 bits per heavy atom. The van der Waals surface area contributed by atoms with Gasteiger partial charge in [-0.25, -0.2) is 4.98 Å². The first-order chi connectivity index (χ1) is 10.4. The van der Waals surface area contributed by atoms with E-state index in [2.05, 4.69) is 69.5 Å². The average Bonchev–Trinajstić information content (AvgIpc) is 3.04. The first kappa shape index (κ1) is 15.3. The number of fused-ring (bicyclic) bond motifs is 1. The van der Waals surface area contributed by atoms with Crippen molar-refractivity contribution in [2.24, 2.45) is 7.05 Å². The maximum absolute atomic E-state index is 4.37. The number of H-pyrrole nitrogens is 1. The first-order valence-corrected chi connectivity index (χ1v) is 8.20. The lowest BCUT2D eigenvalue weighted by atomic mass is 9.94. The largest absolute Gasteiger partial charge is 0.361 e. The lowest BCUT2D eigenvalue weighted by Crippen LogP contribution is -2.40.